The Morgan fingerprint density at radius 3 is 2.85 bits per heavy atom. The van der Waals surface area contributed by atoms with Gasteiger partial charge in [-0.05, 0) is 55.8 Å². The van der Waals surface area contributed by atoms with Crippen molar-refractivity contribution in [2.24, 2.45) is 11.7 Å². The Morgan fingerprint density at radius 2 is 1.97 bits per heavy atom. The van der Waals surface area contributed by atoms with Gasteiger partial charge in [0.2, 0.25) is 0 Å². The van der Waals surface area contributed by atoms with Gasteiger partial charge in [-0.1, -0.05) is 30.3 Å². The second-order valence-electron chi connectivity index (χ2n) is 8.94. The molecule has 0 bridgehead atoms. The van der Waals surface area contributed by atoms with E-state index >= 15 is 0 Å². The molecule has 6 rings (SSSR count). The van der Waals surface area contributed by atoms with Gasteiger partial charge in [0.25, 0.3) is 0 Å². The van der Waals surface area contributed by atoms with Gasteiger partial charge in [-0.25, -0.2) is 9.97 Å². The van der Waals surface area contributed by atoms with Crippen molar-refractivity contribution < 1.29 is 0 Å². The van der Waals surface area contributed by atoms with Gasteiger partial charge in [0.1, 0.15) is 5.82 Å². The molecule has 0 spiro atoms. The van der Waals surface area contributed by atoms with E-state index in [0.29, 0.717) is 11.6 Å². The van der Waals surface area contributed by atoms with Crippen molar-refractivity contribution in [3.63, 3.8) is 0 Å². The molecule has 2 aliphatic heterocycles. The van der Waals surface area contributed by atoms with Crippen LogP contribution in [-0.2, 0) is 6.42 Å². The molecule has 33 heavy (non-hydrogen) atoms. The number of hydrogen-bond acceptors (Lipinski definition) is 7. The van der Waals surface area contributed by atoms with Crippen LogP contribution < -0.4 is 15.5 Å². The van der Waals surface area contributed by atoms with Crippen molar-refractivity contribution in [2.75, 3.05) is 29.4 Å². The normalized spacial score (nSPS) is 20.8. The molecule has 4 aromatic rings. The first kappa shape index (κ1) is 20.1. The van der Waals surface area contributed by atoms with Crippen LogP contribution in [-0.4, -0.2) is 44.8 Å². The van der Waals surface area contributed by atoms with E-state index in [1.807, 2.05) is 18.5 Å². The minimum Gasteiger partial charge on any atom is -0.348 e. The van der Waals surface area contributed by atoms with Crippen LogP contribution in [0.5, 0.6) is 0 Å². The van der Waals surface area contributed by atoms with E-state index in [1.54, 1.807) is 0 Å². The SMILES string of the molecule is NC[C@@H]1CCN(c2cnc3c(N4CCCc5ncccc54)n[nH]c3n2)[C@@H](c2ccccc2)C1. The van der Waals surface area contributed by atoms with Gasteiger partial charge in [0, 0.05) is 19.3 Å². The Balaban J connectivity index is 1.35. The summed E-state index contributed by atoms with van der Waals surface area (Å²) in [6, 6.07) is 15.0. The van der Waals surface area contributed by atoms with E-state index in [2.05, 4.69) is 61.4 Å². The highest BCUT2D eigenvalue weighted by Crippen LogP contribution is 2.38. The minimum atomic E-state index is 0.239. The Morgan fingerprint density at radius 1 is 1.06 bits per heavy atom. The van der Waals surface area contributed by atoms with Gasteiger partial charge in [0.05, 0.1) is 23.6 Å². The van der Waals surface area contributed by atoms with Crippen LogP contribution in [0.1, 0.15) is 36.6 Å². The maximum absolute atomic E-state index is 6.04. The molecule has 0 radical (unpaired) electrons. The number of H-pyrrole nitrogens is 1. The van der Waals surface area contributed by atoms with Gasteiger partial charge >= 0.3 is 0 Å². The molecule has 2 atom stereocenters. The molecule has 2 aliphatic rings. The molecule has 0 unspecified atom stereocenters. The van der Waals surface area contributed by atoms with Crippen LogP contribution in [0.3, 0.4) is 0 Å². The van der Waals surface area contributed by atoms with E-state index in [1.165, 1.54) is 5.56 Å². The number of nitrogens with zero attached hydrogens (tertiary/aromatic N) is 6. The molecular formula is C25H28N8. The lowest BCUT2D eigenvalue weighted by atomic mass is 9.87. The van der Waals surface area contributed by atoms with E-state index in [-0.39, 0.29) is 6.04 Å². The Kier molecular flexibility index (Phi) is 5.14. The Hall–Kier alpha value is -3.52. The van der Waals surface area contributed by atoms with E-state index in [4.69, 9.17) is 15.7 Å². The maximum atomic E-state index is 6.04. The number of fused-ring (bicyclic) bond motifs is 2. The molecule has 3 N–H and O–H groups in total. The number of nitrogens with two attached hydrogens (primary N) is 1. The number of aromatic amines is 1. The summed E-state index contributed by atoms with van der Waals surface area (Å²) in [7, 11) is 0. The number of nitrogens with one attached hydrogen (secondary N) is 1. The van der Waals surface area contributed by atoms with E-state index in [0.717, 1.165) is 73.9 Å². The number of hydrogen-bond donors (Lipinski definition) is 2. The average molecular weight is 441 g/mol. The molecule has 5 heterocycles. The average Bonchev–Trinajstić information content (AvgIpc) is 3.31. The van der Waals surface area contributed by atoms with Crippen molar-refractivity contribution in [1.29, 1.82) is 0 Å². The summed E-state index contributed by atoms with van der Waals surface area (Å²) < 4.78 is 0. The fraction of sp³-hybridized carbons (Fsp3) is 0.360. The number of rotatable bonds is 4. The smallest absolute Gasteiger partial charge is 0.183 e. The second-order valence-corrected chi connectivity index (χ2v) is 8.94. The van der Waals surface area contributed by atoms with Gasteiger partial charge in [-0.2, -0.15) is 5.10 Å². The third kappa shape index (κ3) is 3.60. The van der Waals surface area contributed by atoms with Crippen LogP contribution in [0.4, 0.5) is 17.3 Å². The summed E-state index contributed by atoms with van der Waals surface area (Å²) in [4.78, 5) is 18.9. The predicted molar refractivity (Wildman–Crippen MR) is 130 cm³/mol. The number of piperidine rings is 1. The highest BCUT2D eigenvalue weighted by atomic mass is 15.3. The number of aromatic nitrogens is 5. The summed E-state index contributed by atoms with van der Waals surface area (Å²) in [6.07, 6.45) is 7.86. The van der Waals surface area contributed by atoms with Gasteiger partial charge in [0.15, 0.2) is 17.0 Å². The van der Waals surface area contributed by atoms with Crippen molar-refractivity contribution in [1.82, 2.24) is 25.1 Å². The third-order valence-electron chi connectivity index (χ3n) is 6.97. The highest BCUT2D eigenvalue weighted by molar-refractivity contribution is 5.87. The lowest BCUT2D eigenvalue weighted by Crippen LogP contribution is -2.39. The molecule has 8 heteroatoms. The molecule has 168 valence electrons. The first-order chi connectivity index (χ1) is 16.3. The number of pyridine rings is 1. The fourth-order valence-electron chi connectivity index (χ4n) is 5.24. The van der Waals surface area contributed by atoms with Gasteiger partial charge in [-0.15, -0.1) is 0 Å². The Bertz CT molecular complexity index is 1250. The number of anilines is 3. The molecule has 0 amide bonds. The highest BCUT2D eigenvalue weighted by Gasteiger charge is 2.31. The summed E-state index contributed by atoms with van der Waals surface area (Å²) in [6.45, 7) is 2.52. The molecule has 3 aromatic heterocycles. The molecule has 0 aliphatic carbocycles. The zero-order chi connectivity index (χ0) is 22.2. The maximum Gasteiger partial charge on any atom is 0.183 e. The molecule has 0 saturated carbocycles. The first-order valence-corrected chi connectivity index (χ1v) is 11.8. The van der Waals surface area contributed by atoms with Crippen LogP contribution in [0, 0.1) is 5.92 Å². The lowest BCUT2D eigenvalue weighted by Gasteiger charge is -2.40. The first-order valence-electron chi connectivity index (χ1n) is 11.8. The largest absolute Gasteiger partial charge is 0.348 e. The predicted octanol–water partition coefficient (Wildman–Crippen LogP) is 3.75. The number of aryl methyl sites for hydroxylation is 1. The molecule has 1 saturated heterocycles. The summed E-state index contributed by atoms with van der Waals surface area (Å²) in [5.41, 5.74) is 11.1. The topological polar surface area (TPSA) is 99.9 Å². The summed E-state index contributed by atoms with van der Waals surface area (Å²) in [5.74, 6) is 2.22. The van der Waals surface area contributed by atoms with Gasteiger partial charge < -0.3 is 15.5 Å². The number of benzene rings is 1. The van der Waals surface area contributed by atoms with Crippen LogP contribution >= 0.6 is 0 Å². The molecule has 1 aromatic carbocycles. The lowest BCUT2D eigenvalue weighted by molar-refractivity contribution is 0.350. The second kappa shape index (κ2) is 8.44. The van der Waals surface area contributed by atoms with Gasteiger partial charge in [-0.3, -0.25) is 10.1 Å². The summed E-state index contributed by atoms with van der Waals surface area (Å²) >= 11 is 0. The monoisotopic (exact) mass is 440 g/mol. The molecular weight excluding hydrogens is 412 g/mol. The van der Waals surface area contributed by atoms with Crippen molar-refractivity contribution in [2.45, 2.75) is 31.7 Å². The van der Waals surface area contributed by atoms with E-state index < -0.39 is 0 Å². The van der Waals surface area contributed by atoms with Crippen LogP contribution in [0.2, 0.25) is 0 Å². The molecule has 1 fully saturated rings. The Labute approximate surface area is 192 Å². The van der Waals surface area contributed by atoms with Crippen molar-refractivity contribution in [3.8, 4) is 0 Å². The third-order valence-corrected chi connectivity index (χ3v) is 6.97. The molecule has 8 nitrogen and oxygen atoms in total. The van der Waals surface area contributed by atoms with Crippen molar-refractivity contribution in [3.05, 3.63) is 66.1 Å². The van der Waals surface area contributed by atoms with Crippen LogP contribution in [0.15, 0.2) is 54.9 Å². The zero-order valence-electron chi connectivity index (χ0n) is 18.6. The van der Waals surface area contributed by atoms with Crippen molar-refractivity contribution >= 4 is 28.5 Å². The summed E-state index contributed by atoms with van der Waals surface area (Å²) in [5, 5.41) is 7.76. The zero-order valence-corrected chi connectivity index (χ0v) is 18.6. The quantitative estimate of drug-likeness (QED) is 0.498. The van der Waals surface area contributed by atoms with Crippen LogP contribution in [0.25, 0.3) is 11.2 Å². The standard InChI is InChI=1S/C25H28N8/c26-15-17-10-13-32(21(14-17)18-6-2-1-3-7-18)22-16-28-23-24(29-22)30-31-25(23)33-12-5-8-19-20(33)9-4-11-27-19/h1-4,6-7,9,11,16-17,21H,5,8,10,12-15,26H2,(H,29,30,31)/t17-,21-/m1/s1. The van der Waals surface area contributed by atoms with E-state index in [9.17, 15) is 0 Å². The minimum absolute atomic E-state index is 0.239. The fourth-order valence-corrected chi connectivity index (χ4v) is 5.24.